The second kappa shape index (κ2) is 10.8. The van der Waals surface area contributed by atoms with Crippen molar-refractivity contribution in [3.05, 3.63) is 64.5 Å². The van der Waals surface area contributed by atoms with Gasteiger partial charge in [-0.25, -0.2) is 0 Å². The van der Waals surface area contributed by atoms with Gasteiger partial charge in [0.25, 0.3) is 0 Å². The molecule has 0 saturated carbocycles. The minimum atomic E-state index is 0.968. The molecule has 0 amide bonds. The van der Waals surface area contributed by atoms with Crippen molar-refractivity contribution in [1.29, 1.82) is 0 Å². The number of hydrogen-bond donors (Lipinski definition) is 0. The summed E-state index contributed by atoms with van der Waals surface area (Å²) < 4.78 is 2.48. The second-order valence-electron chi connectivity index (χ2n) is 6.44. The molecule has 0 N–H and O–H groups in total. The van der Waals surface area contributed by atoms with Gasteiger partial charge in [0.05, 0.1) is 0 Å². The van der Waals surface area contributed by atoms with E-state index >= 15 is 0 Å². The highest BCUT2D eigenvalue weighted by Crippen LogP contribution is 2.31. The Hall–Kier alpha value is -2.02. The molecule has 1 rings (SSSR count). The first-order chi connectivity index (χ1) is 12.0. The summed E-state index contributed by atoms with van der Waals surface area (Å²) in [5.41, 5.74) is 8.20. The van der Waals surface area contributed by atoms with E-state index in [1.807, 2.05) is 0 Å². The molecule has 1 heteroatoms. The first kappa shape index (κ1) is 21.0. The number of aromatic nitrogens is 1. The van der Waals surface area contributed by atoms with Crippen LogP contribution in [0.1, 0.15) is 77.4 Å². The molecule has 0 radical (unpaired) electrons. The van der Waals surface area contributed by atoms with Gasteiger partial charge in [-0.15, -0.1) is 0 Å². The molecule has 0 aromatic carbocycles. The van der Waals surface area contributed by atoms with Crippen LogP contribution in [0.3, 0.4) is 0 Å². The third-order valence-electron chi connectivity index (χ3n) is 4.26. The van der Waals surface area contributed by atoms with E-state index < -0.39 is 0 Å². The van der Waals surface area contributed by atoms with E-state index in [2.05, 4.69) is 102 Å². The first-order valence-corrected chi connectivity index (χ1v) is 9.52. The van der Waals surface area contributed by atoms with Gasteiger partial charge in [0.15, 0.2) is 0 Å². The third-order valence-corrected chi connectivity index (χ3v) is 4.26. The van der Waals surface area contributed by atoms with Gasteiger partial charge >= 0.3 is 0 Å². The molecule has 0 atom stereocenters. The smallest absolute Gasteiger partial charge is 0.0493 e. The van der Waals surface area contributed by atoms with E-state index in [4.69, 9.17) is 0 Å². The van der Waals surface area contributed by atoms with Crippen LogP contribution in [0.25, 0.3) is 17.8 Å². The van der Waals surface area contributed by atoms with E-state index in [1.165, 1.54) is 33.8 Å². The van der Waals surface area contributed by atoms with E-state index in [9.17, 15) is 0 Å². The summed E-state index contributed by atoms with van der Waals surface area (Å²) in [6.45, 7) is 15.1. The van der Waals surface area contributed by atoms with Gasteiger partial charge in [0, 0.05) is 17.1 Å². The molecule has 0 unspecified atom stereocenters. The highest BCUT2D eigenvalue weighted by atomic mass is 15.0. The van der Waals surface area contributed by atoms with Gasteiger partial charge in [-0.1, -0.05) is 55.9 Å². The minimum absolute atomic E-state index is 0.968. The monoisotopic (exact) mass is 337 g/mol. The van der Waals surface area contributed by atoms with Gasteiger partial charge in [-0.3, -0.25) is 0 Å². The van der Waals surface area contributed by atoms with Gasteiger partial charge in [0.1, 0.15) is 0 Å². The normalized spacial score (nSPS) is 12.8. The van der Waals surface area contributed by atoms with E-state index in [0.29, 0.717) is 0 Å². The maximum atomic E-state index is 2.48. The number of rotatable bonds is 8. The summed E-state index contributed by atoms with van der Waals surface area (Å²) in [6, 6.07) is 0. The molecule has 0 aliphatic carbocycles. The zero-order valence-electron chi connectivity index (χ0n) is 17.2. The quantitative estimate of drug-likeness (QED) is 0.343. The highest BCUT2D eigenvalue weighted by Gasteiger charge is 2.19. The largest absolute Gasteiger partial charge is 0.317 e. The molecule has 0 aliphatic rings. The predicted molar refractivity (Wildman–Crippen MR) is 116 cm³/mol. The Morgan fingerprint density at radius 2 is 1.60 bits per heavy atom. The van der Waals surface area contributed by atoms with Crippen LogP contribution in [0.2, 0.25) is 0 Å². The lowest BCUT2D eigenvalue weighted by molar-refractivity contribution is 0.907. The lowest BCUT2D eigenvalue weighted by Gasteiger charge is -2.14. The molecular formula is C24H35N. The van der Waals surface area contributed by atoms with Crippen LogP contribution in [0.4, 0.5) is 0 Å². The van der Waals surface area contributed by atoms with Crippen LogP contribution in [0.15, 0.2) is 42.0 Å². The number of allylic oxidation sites excluding steroid dienone is 8. The van der Waals surface area contributed by atoms with Crippen molar-refractivity contribution in [3.8, 4) is 0 Å². The zero-order valence-corrected chi connectivity index (χ0v) is 17.2. The molecular weight excluding hydrogens is 302 g/mol. The topological polar surface area (TPSA) is 4.93 Å². The van der Waals surface area contributed by atoms with Crippen molar-refractivity contribution in [2.45, 2.75) is 67.7 Å². The van der Waals surface area contributed by atoms with Crippen LogP contribution in [-0.4, -0.2) is 4.57 Å². The molecule has 1 heterocycles. The van der Waals surface area contributed by atoms with E-state index in [-0.39, 0.29) is 0 Å². The summed E-state index contributed by atoms with van der Waals surface area (Å²) >= 11 is 0. The average molecular weight is 338 g/mol. The summed E-state index contributed by atoms with van der Waals surface area (Å²) in [7, 11) is 0. The summed E-state index contributed by atoms with van der Waals surface area (Å²) in [6.07, 6.45) is 20.7. The third kappa shape index (κ3) is 5.22. The Bertz CT molecular complexity index is 699. The standard InChI is InChI=1S/C24H35N/c1-8-13-16-22-21(14-9-2)23(12-5)25(24(22)15-10-3)20(11-4)18-17-19(6)7/h8-10,13-15,17-18H,11-12,16H2,1-7H3/b13-8-,14-9-,15-10-,20-18+. The fourth-order valence-corrected chi connectivity index (χ4v) is 3.15. The lowest BCUT2D eigenvalue weighted by atomic mass is 10.0. The Kier molecular flexibility index (Phi) is 9.05. The molecule has 0 bridgehead atoms. The Labute approximate surface area is 155 Å². The molecule has 1 nitrogen and oxygen atoms in total. The SMILES string of the molecule is C/C=C\Cc1c(/C=C\C)c(CC)n(/C(=C/C=C(C)C)CC)c1/C=C\C. The lowest BCUT2D eigenvalue weighted by Crippen LogP contribution is -2.04. The first-order valence-electron chi connectivity index (χ1n) is 9.52. The van der Waals surface area contributed by atoms with Crippen molar-refractivity contribution in [1.82, 2.24) is 4.57 Å². The summed E-state index contributed by atoms with van der Waals surface area (Å²) in [4.78, 5) is 0. The highest BCUT2D eigenvalue weighted by molar-refractivity contribution is 5.71. The predicted octanol–water partition coefficient (Wildman–Crippen LogP) is 7.45. The Balaban J connectivity index is 3.84. The van der Waals surface area contributed by atoms with Crippen LogP contribution in [0.5, 0.6) is 0 Å². The molecule has 1 aromatic rings. The second-order valence-corrected chi connectivity index (χ2v) is 6.44. The molecule has 0 saturated heterocycles. The van der Waals surface area contributed by atoms with Crippen LogP contribution in [0, 0.1) is 0 Å². The van der Waals surface area contributed by atoms with Crippen molar-refractivity contribution >= 4 is 17.8 Å². The van der Waals surface area contributed by atoms with Gasteiger partial charge < -0.3 is 4.57 Å². The Morgan fingerprint density at radius 3 is 2.08 bits per heavy atom. The molecule has 0 fully saturated rings. The van der Waals surface area contributed by atoms with Crippen molar-refractivity contribution in [3.63, 3.8) is 0 Å². The number of hydrogen-bond acceptors (Lipinski definition) is 0. The number of nitrogens with zero attached hydrogens (tertiary/aromatic N) is 1. The Morgan fingerprint density at radius 1 is 0.920 bits per heavy atom. The fourth-order valence-electron chi connectivity index (χ4n) is 3.15. The van der Waals surface area contributed by atoms with Gasteiger partial charge in [0.2, 0.25) is 0 Å². The molecule has 0 aliphatic heterocycles. The minimum Gasteiger partial charge on any atom is -0.317 e. The van der Waals surface area contributed by atoms with Crippen molar-refractivity contribution in [2.75, 3.05) is 0 Å². The van der Waals surface area contributed by atoms with Crippen molar-refractivity contribution < 1.29 is 0 Å². The average Bonchev–Trinajstić information content (AvgIpc) is 2.87. The molecule has 25 heavy (non-hydrogen) atoms. The van der Waals surface area contributed by atoms with E-state index in [0.717, 1.165) is 19.3 Å². The maximum absolute atomic E-state index is 2.48. The van der Waals surface area contributed by atoms with Crippen LogP contribution >= 0.6 is 0 Å². The fraction of sp³-hybridized carbons (Fsp3) is 0.417. The molecule has 1 aromatic heterocycles. The van der Waals surface area contributed by atoms with Crippen LogP contribution < -0.4 is 0 Å². The van der Waals surface area contributed by atoms with E-state index in [1.54, 1.807) is 0 Å². The maximum Gasteiger partial charge on any atom is 0.0493 e. The molecule has 0 spiro atoms. The van der Waals surface area contributed by atoms with Gasteiger partial charge in [-0.05, 0) is 77.2 Å². The van der Waals surface area contributed by atoms with Gasteiger partial charge in [-0.2, -0.15) is 0 Å². The summed E-state index contributed by atoms with van der Waals surface area (Å²) in [5, 5.41) is 0. The molecule has 136 valence electrons. The summed E-state index contributed by atoms with van der Waals surface area (Å²) in [5.74, 6) is 0. The van der Waals surface area contributed by atoms with Crippen LogP contribution in [-0.2, 0) is 12.8 Å². The zero-order chi connectivity index (χ0) is 18.8. The van der Waals surface area contributed by atoms with Crippen molar-refractivity contribution in [2.24, 2.45) is 0 Å².